The van der Waals surface area contributed by atoms with Crippen LogP contribution in [0.15, 0.2) is 12.4 Å². The highest BCUT2D eigenvalue weighted by Gasteiger charge is 2.07. The van der Waals surface area contributed by atoms with Crippen LogP contribution in [0.1, 0.15) is 37.2 Å². The zero-order valence-corrected chi connectivity index (χ0v) is 12.3. The minimum atomic E-state index is 0.797. The highest BCUT2D eigenvalue weighted by molar-refractivity contribution is 5.46. The van der Waals surface area contributed by atoms with Gasteiger partial charge in [0.15, 0.2) is 0 Å². The summed E-state index contributed by atoms with van der Waals surface area (Å²) >= 11 is 0. The molecule has 0 saturated carbocycles. The van der Waals surface area contributed by atoms with Gasteiger partial charge in [0.1, 0.15) is 0 Å². The maximum atomic E-state index is 4.51. The van der Waals surface area contributed by atoms with Crippen LogP contribution in [0.5, 0.6) is 0 Å². The molecule has 104 valence electrons. The Morgan fingerprint density at radius 2 is 2.05 bits per heavy atom. The molecule has 0 atom stereocenters. The van der Waals surface area contributed by atoms with Crippen molar-refractivity contribution in [1.82, 2.24) is 19.6 Å². The highest BCUT2D eigenvalue weighted by Crippen LogP contribution is 2.15. The lowest BCUT2D eigenvalue weighted by molar-refractivity contribution is 0.598. The molecule has 0 aliphatic heterocycles. The van der Waals surface area contributed by atoms with E-state index in [-0.39, 0.29) is 0 Å². The lowest BCUT2D eigenvalue weighted by Gasteiger charge is -2.05. The largest absolute Gasteiger partial charge is 0.378 e. The van der Waals surface area contributed by atoms with Crippen LogP contribution in [0.3, 0.4) is 0 Å². The van der Waals surface area contributed by atoms with Crippen molar-refractivity contribution < 1.29 is 0 Å². The van der Waals surface area contributed by atoms with Crippen LogP contribution in [-0.4, -0.2) is 19.6 Å². The first-order chi connectivity index (χ1) is 9.15. The summed E-state index contributed by atoms with van der Waals surface area (Å²) in [6, 6.07) is 0. The van der Waals surface area contributed by atoms with E-state index in [1.807, 2.05) is 15.6 Å². The standard InChI is InChI=1S/C14H23N5/c1-5-7-18-10-13(11(3)17-18)8-15-14-9-16-19(6-2)12(14)4/h9-10,15H,5-8H2,1-4H3. The number of anilines is 1. The van der Waals surface area contributed by atoms with E-state index in [0.29, 0.717) is 0 Å². The van der Waals surface area contributed by atoms with Gasteiger partial charge in [-0.05, 0) is 27.2 Å². The Labute approximate surface area is 114 Å². The summed E-state index contributed by atoms with van der Waals surface area (Å²) in [5.74, 6) is 0. The van der Waals surface area contributed by atoms with E-state index in [9.17, 15) is 0 Å². The van der Waals surface area contributed by atoms with Crippen LogP contribution >= 0.6 is 0 Å². The smallest absolute Gasteiger partial charge is 0.0758 e. The van der Waals surface area contributed by atoms with Gasteiger partial charge in [-0.2, -0.15) is 10.2 Å². The molecule has 1 N–H and O–H groups in total. The van der Waals surface area contributed by atoms with Crippen molar-refractivity contribution in [2.45, 2.75) is 53.8 Å². The summed E-state index contributed by atoms with van der Waals surface area (Å²) in [7, 11) is 0. The second-order valence-electron chi connectivity index (χ2n) is 4.82. The summed E-state index contributed by atoms with van der Waals surface area (Å²) in [5, 5.41) is 12.3. The van der Waals surface area contributed by atoms with Crippen LogP contribution < -0.4 is 5.32 Å². The number of aryl methyl sites for hydroxylation is 3. The molecule has 0 unspecified atom stereocenters. The molecule has 0 spiro atoms. The molecular weight excluding hydrogens is 238 g/mol. The van der Waals surface area contributed by atoms with Crippen molar-refractivity contribution >= 4 is 5.69 Å². The summed E-state index contributed by atoms with van der Waals surface area (Å²) < 4.78 is 4.02. The van der Waals surface area contributed by atoms with Crippen LogP contribution in [0.2, 0.25) is 0 Å². The lowest BCUT2D eigenvalue weighted by Crippen LogP contribution is -2.03. The zero-order chi connectivity index (χ0) is 13.8. The monoisotopic (exact) mass is 261 g/mol. The third kappa shape index (κ3) is 2.97. The van der Waals surface area contributed by atoms with Gasteiger partial charge in [0, 0.05) is 31.4 Å². The van der Waals surface area contributed by atoms with Crippen molar-refractivity contribution in [3.63, 3.8) is 0 Å². The fourth-order valence-corrected chi connectivity index (χ4v) is 2.21. The average Bonchev–Trinajstić information content (AvgIpc) is 2.91. The van der Waals surface area contributed by atoms with E-state index in [0.717, 1.165) is 37.4 Å². The summed E-state index contributed by atoms with van der Waals surface area (Å²) in [6.45, 7) is 11.1. The summed E-state index contributed by atoms with van der Waals surface area (Å²) in [4.78, 5) is 0. The molecule has 2 aromatic heterocycles. The topological polar surface area (TPSA) is 47.7 Å². The first-order valence-electron chi connectivity index (χ1n) is 6.94. The lowest BCUT2D eigenvalue weighted by atomic mass is 10.2. The molecule has 5 nitrogen and oxygen atoms in total. The van der Waals surface area contributed by atoms with E-state index in [2.05, 4.69) is 49.4 Å². The van der Waals surface area contributed by atoms with E-state index >= 15 is 0 Å². The molecule has 2 aromatic rings. The minimum absolute atomic E-state index is 0.797. The number of rotatable bonds is 6. The Morgan fingerprint density at radius 3 is 2.68 bits per heavy atom. The van der Waals surface area contributed by atoms with Gasteiger partial charge in [0.25, 0.3) is 0 Å². The molecule has 0 aromatic carbocycles. The first kappa shape index (κ1) is 13.6. The Balaban J connectivity index is 2.03. The molecule has 0 fully saturated rings. The highest BCUT2D eigenvalue weighted by atomic mass is 15.3. The van der Waals surface area contributed by atoms with Gasteiger partial charge in [-0.25, -0.2) is 0 Å². The zero-order valence-electron chi connectivity index (χ0n) is 12.3. The third-order valence-electron chi connectivity index (χ3n) is 3.37. The van der Waals surface area contributed by atoms with Gasteiger partial charge in [0.2, 0.25) is 0 Å². The molecule has 5 heteroatoms. The fraction of sp³-hybridized carbons (Fsp3) is 0.571. The van der Waals surface area contributed by atoms with Crippen LogP contribution in [-0.2, 0) is 19.6 Å². The van der Waals surface area contributed by atoms with Gasteiger partial charge in [-0.3, -0.25) is 9.36 Å². The normalized spacial score (nSPS) is 10.9. The third-order valence-corrected chi connectivity index (χ3v) is 3.37. The molecule has 0 aliphatic rings. The van der Waals surface area contributed by atoms with E-state index < -0.39 is 0 Å². The average molecular weight is 261 g/mol. The number of hydrogen-bond acceptors (Lipinski definition) is 3. The van der Waals surface area contributed by atoms with Crippen molar-refractivity contribution in [3.05, 3.63) is 29.3 Å². The van der Waals surface area contributed by atoms with E-state index in [4.69, 9.17) is 0 Å². The van der Waals surface area contributed by atoms with Gasteiger partial charge in [-0.1, -0.05) is 6.92 Å². The molecule has 0 bridgehead atoms. The van der Waals surface area contributed by atoms with Crippen molar-refractivity contribution in [1.29, 1.82) is 0 Å². The van der Waals surface area contributed by atoms with Gasteiger partial charge in [0.05, 0.1) is 23.3 Å². The molecule has 0 aliphatic carbocycles. The van der Waals surface area contributed by atoms with Crippen LogP contribution in [0.4, 0.5) is 5.69 Å². The Hall–Kier alpha value is -1.78. The fourth-order valence-electron chi connectivity index (χ4n) is 2.21. The Morgan fingerprint density at radius 1 is 1.26 bits per heavy atom. The van der Waals surface area contributed by atoms with Crippen LogP contribution in [0.25, 0.3) is 0 Å². The molecule has 2 heterocycles. The Kier molecular flexibility index (Phi) is 4.24. The Bertz CT molecular complexity index is 538. The van der Waals surface area contributed by atoms with E-state index in [1.54, 1.807) is 0 Å². The predicted octanol–water partition coefficient (Wildman–Crippen LogP) is 2.74. The van der Waals surface area contributed by atoms with Crippen molar-refractivity contribution in [2.24, 2.45) is 0 Å². The minimum Gasteiger partial charge on any atom is -0.378 e. The molecule has 2 rings (SSSR count). The molecular formula is C14H23N5. The van der Waals surface area contributed by atoms with Gasteiger partial charge < -0.3 is 5.32 Å². The number of hydrogen-bond donors (Lipinski definition) is 1. The number of nitrogens with zero attached hydrogens (tertiary/aromatic N) is 4. The second kappa shape index (κ2) is 5.91. The number of nitrogens with one attached hydrogen (secondary N) is 1. The van der Waals surface area contributed by atoms with Crippen molar-refractivity contribution in [3.8, 4) is 0 Å². The molecule has 0 amide bonds. The van der Waals surface area contributed by atoms with Gasteiger partial charge in [-0.15, -0.1) is 0 Å². The van der Waals surface area contributed by atoms with Crippen molar-refractivity contribution in [2.75, 3.05) is 5.32 Å². The quantitative estimate of drug-likeness (QED) is 0.869. The van der Waals surface area contributed by atoms with Crippen LogP contribution in [0, 0.1) is 13.8 Å². The van der Waals surface area contributed by atoms with Gasteiger partial charge >= 0.3 is 0 Å². The second-order valence-corrected chi connectivity index (χ2v) is 4.82. The summed E-state index contributed by atoms with van der Waals surface area (Å²) in [6.07, 6.45) is 5.13. The maximum absolute atomic E-state index is 4.51. The summed E-state index contributed by atoms with van der Waals surface area (Å²) in [5.41, 5.74) is 4.63. The van der Waals surface area contributed by atoms with E-state index in [1.165, 1.54) is 11.3 Å². The number of aromatic nitrogens is 4. The maximum Gasteiger partial charge on any atom is 0.0758 e. The SMILES string of the molecule is CCCn1cc(CNc2cnn(CC)c2C)c(C)n1. The molecule has 19 heavy (non-hydrogen) atoms. The predicted molar refractivity (Wildman–Crippen MR) is 77.2 cm³/mol. The molecule has 0 saturated heterocycles. The molecule has 0 radical (unpaired) electrons. The first-order valence-corrected chi connectivity index (χ1v) is 6.94.